The molecule has 2 aromatic rings. The maximum absolute atomic E-state index is 13.6. The fourth-order valence-corrected chi connectivity index (χ4v) is 4.50. The second-order valence-corrected chi connectivity index (χ2v) is 8.92. The van der Waals surface area contributed by atoms with Crippen LogP contribution in [0.15, 0.2) is 48.5 Å². The van der Waals surface area contributed by atoms with E-state index in [9.17, 15) is 27.6 Å². The summed E-state index contributed by atoms with van der Waals surface area (Å²) >= 11 is 0. The molecule has 9 heteroatoms. The van der Waals surface area contributed by atoms with E-state index >= 15 is 0 Å². The third-order valence-electron chi connectivity index (χ3n) is 6.40. The maximum Gasteiger partial charge on any atom is 0.267 e. The summed E-state index contributed by atoms with van der Waals surface area (Å²) in [7, 11) is 0. The predicted octanol–water partition coefficient (Wildman–Crippen LogP) is 3.16. The van der Waals surface area contributed by atoms with Gasteiger partial charge in [0.25, 0.3) is 11.8 Å². The van der Waals surface area contributed by atoms with E-state index in [1.54, 1.807) is 11.8 Å². The van der Waals surface area contributed by atoms with Crippen molar-refractivity contribution < 1.29 is 27.6 Å². The molecule has 3 amide bonds. The summed E-state index contributed by atoms with van der Waals surface area (Å²) in [6.45, 7) is 1.18. The van der Waals surface area contributed by atoms with E-state index in [1.807, 2.05) is 24.3 Å². The van der Waals surface area contributed by atoms with Gasteiger partial charge < -0.3 is 15.1 Å². The first-order valence-electron chi connectivity index (χ1n) is 11.2. The minimum atomic E-state index is -2.89. The van der Waals surface area contributed by atoms with Gasteiger partial charge in [-0.3, -0.25) is 14.4 Å². The maximum atomic E-state index is 13.6. The first-order chi connectivity index (χ1) is 16.1. The zero-order valence-corrected chi connectivity index (χ0v) is 18.8. The van der Waals surface area contributed by atoms with E-state index < -0.39 is 42.2 Å². The number of hydrogen-bond donors (Lipinski definition) is 1. The number of benzene rings is 2. The van der Waals surface area contributed by atoms with E-state index in [2.05, 4.69) is 5.32 Å². The Morgan fingerprint density at radius 1 is 1.09 bits per heavy atom. The summed E-state index contributed by atoms with van der Waals surface area (Å²) < 4.78 is 40.4. The predicted molar refractivity (Wildman–Crippen MR) is 119 cm³/mol. The van der Waals surface area contributed by atoms with Crippen LogP contribution in [0.5, 0.6) is 0 Å². The van der Waals surface area contributed by atoms with Crippen LogP contribution in [0.3, 0.4) is 0 Å². The summed E-state index contributed by atoms with van der Waals surface area (Å²) in [6, 6.07) is 11.1. The molecule has 0 spiro atoms. The highest BCUT2D eigenvalue weighted by Crippen LogP contribution is 2.30. The van der Waals surface area contributed by atoms with Crippen molar-refractivity contribution in [1.29, 1.82) is 0 Å². The zero-order valence-electron chi connectivity index (χ0n) is 18.8. The summed E-state index contributed by atoms with van der Waals surface area (Å²) in [6.07, 6.45) is -0.0212. The molecule has 1 fully saturated rings. The van der Waals surface area contributed by atoms with Crippen molar-refractivity contribution in [2.24, 2.45) is 0 Å². The molecule has 0 aromatic heterocycles. The van der Waals surface area contributed by atoms with Gasteiger partial charge in [-0.25, -0.2) is 13.2 Å². The van der Waals surface area contributed by atoms with Gasteiger partial charge in [-0.05, 0) is 48.7 Å². The number of carbonyl (C=O) groups excluding carboxylic acids is 3. The van der Waals surface area contributed by atoms with Crippen LogP contribution in [-0.2, 0) is 22.6 Å². The van der Waals surface area contributed by atoms with Crippen LogP contribution >= 0.6 is 0 Å². The van der Waals surface area contributed by atoms with Gasteiger partial charge in [0.2, 0.25) is 11.8 Å². The average molecular weight is 473 g/mol. The Balaban J connectivity index is 1.49. The van der Waals surface area contributed by atoms with Crippen LogP contribution < -0.4 is 5.32 Å². The van der Waals surface area contributed by atoms with Gasteiger partial charge in [-0.2, -0.15) is 0 Å². The lowest BCUT2D eigenvalue weighted by atomic mass is 9.91. The molecule has 2 aliphatic heterocycles. The molecule has 0 aliphatic carbocycles. The van der Waals surface area contributed by atoms with Crippen molar-refractivity contribution >= 4 is 17.7 Å². The lowest BCUT2D eigenvalue weighted by Crippen LogP contribution is -2.53. The summed E-state index contributed by atoms with van der Waals surface area (Å²) in [5, 5.41) is 2.63. The number of hydrogen-bond acceptors (Lipinski definition) is 3. The fraction of sp³-hybridized carbons (Fsp3) is 0.400. The fourth-order valence-electron chi connectivity index (χ4n) is 4.50. The van der Waals surface area contributed by atoms with Crippen molar-refractivity contribution in [3.63, 3.8) is 0 Å². The molecule has 0 saturated carbocycles. The van der Waals surface area contributed by atoms with E-state index in [-0.39, 0.29) is 37.4 Å². The Bertz CT molecular complexity index is 1090. The van der Waals surface area contributed by atoms with Gasteiger partial charge in [0.1, 0.15) is 11.9 Å². The molecule has 2 aliphatic rings. The number of nitrogens with zero attached hydrogens (tertiary/aromatic N) is 2. The standard InChI is InChI=1S/C25H26F3N3O3/c1-16(29-23(33)17-6-8-20(26)9-7-17)24(34)31-14-19-5-3-2-4-18(19)12-21(31)13-22(32)30-11-10-25(27,28)15-30/h2-9,16,21H,10-15H2,1H3,(H,29,33)/t16-,21+/m1/s1. The molecule has 34 heavy (non-hydrogen) atoms. The van der Waals surface area contributed by atoms with E-state index in [0.717, 1.165) is 28.2 Å². The van der Waals surface area contributed by atoms with E-state index in [0.29, 0.717) is 6.42 Å². The second kappa shape index (κ2) is 9.48. The topological polar surface area (TPSA) is 69.7 Å². The summed E-state index contributed by atoms with van der Waals surface area (Å²) in [5.41, 5.74) is 2.15. The number of rotatable bonds is 5. The minimum Gasteiger partial charge on any atom is -0.341 e. The molecule has 0 radical (unpaired) electrons. The highest BCUT2D eigenvalue weighted by atomic mass is 19.3. The Kier molecular flexibility index (Phi) is 6.63. The number of fused-ring (bicyclic) bond motifs is 1. The molecule has 0 unspecified atom stereocenters. The van der Waals surface area contributed by atoms with Crippen LogP contribution in [0.25, 0.3) is 0 Å². The van der Waals surface area contributed by atoms with Gasteiger partial charge in [-0.15, -0.1) is 0 Å². The molecule has 2 atom stereocenters. The molecular formula is C25H26F3N3O3. The van der Waals surface area contributed by atoms with Gasteiger partial charge >= 0.3 is 0 Å². The van der Waals surface area contributed by atoms with Crippen LogP contribution in [0, 0.1) is 5.82 Å². The van der Waals surface area contributed by atoms with Crippen molar-refractivity contribution in [2.45, 2.75) is 50.7 Å². The molecule has 1 saturated heterocycles. The van der Waals surface area contributed by atoms with Gasteiger partial charge in [0.15, 0.2) is 0 Å². The third-order valence-corrected chi connectivity index (χ3v) is 6.40. The number of amides is 3. The van der Waals surface area contributed by atoms with Crippen molar-refractivity contribution in [2.75, 3.05) is 13.1 Å². The van der Waals surface area contributed by atoms with Crippen LogP contribution in [0.1, 0.15) is 41.3 Å². The van der Waals surface area contributed by atoms with E-state index in [4.69, 9.17) is 0 Å². The lowest BCUT2D eigenvalue weighted by molar-refractivity contribution is -0.139. The van der Waals surface area contributed by atoms with Crippen molar-refractivity contribution in [3.05, 3.63) is 71.0 Å². The van der Waals surface area contributed by atoms with Gasteiger partial charge in [0.05, 0.1) is 6.54 Å². The molecular weight excluding hydrogens is 447 g/mol. The molecule has 4 rings (SSSR count). The molecule has 2 aromatic carbocycles. The molecule has 180 valence electrons. The molecule has 2 heterocycles. The largest absolute Gasteiger partial charge is 0.341 e. The smallest absolute Gasteiger partial charge is 0.267 e. The van der Waals surface area contributed by atoms with Crippen molar-refractivity contribution in [1.82, 2.24) is 15.1 Å². The minimum absolute atomic E-state index is 0.00673. The van der Waals surface area contributed by atoms with Crippen LogP contribution in [-0.4, -0.2) is 58.6 Å². The number of carbonyl (C=O) groups is 3. The highest BCUT2D eigenvalue weighted by molar-refractivity contribution is 5.97. The number of halogens is 3. The second-order valence-electron chi connectivity index (χ2n) is 8.92. The monoisotopic (exact) mass is 473 g/mol. The van der Waals surface area contributed by atoms with Gasteiger partial charge in [-0.1, -0.05) is 24.3 Å². The molecule has 0 bridgehead atoms. The first-order valence-corrected chi connectivity index (χ1v) is 11.2. The Labute approximate surface area is 195 Å². The zero-order chi connectivity index (χ0) is 24.5. The first kappa shape index (κ1) is 23.8. The normalized spacial score (nSPS) is 19.9. The highest BCUT2D eigenvalue weighted by Gasteiger charge is 2.42. The van der Waals surface area contributed by atoms with E-state index in [1.165, 1.54) is 12.1 Å². The van der Waals surface area contributed by atoms with Crippen LogP contribution in [0.4, 0.5) is 13.2 Å². The SMILES string of the molecule is C[C@@H](NC(=O)c1ccc(F)cc1)C(=O)N1Cc2ccccc2C[C@H]1CC(=O)N1CCC(F)(F)C1. The molecule has 1 N–H and O–H groups in total. The Morgan fingerprint density at radius 3 is 2.41 bits per heavy atom. The molecule has 6 nitrogen and oxygen atoms in total. The lowest BCUT2D eigenvalue weighted by Gasteiger charge is -2.38. The average Bonchev–Trinajstić information content (AvgIpc) is 3.18. The quantitative estimate of drug-likeness (QED) is 0.726. The number of likely N-dealkylation sites (tertiary alicyclic amines) is 1. The number of alkyl halides is 2. The summed E-state index contributed by atoms with van der Waals surface area (Å²) in [5.74, 6) is -4.68. The van der Waals surface area contributed by atoms with Crippen LogP contribution in [0.2, 0.25) is 0 Å². The third kappa shape index (κ3) is 5.24. The number of nitrogens with one attached hydrogen (secondary N) is 1. The van der Waals surface area contributed by atoms with Crippen molar-refractivity contribution in [3.8, 4) is 0 Å². The summed E-state index contributed by atoms with van der Waals surface area (Å²) in [4.78, 5) is 41.4. The van der Waals surface area contributed by atoms with Gasteiger partial charge in [0, 0.05) is 37.5 Å². The Hall–Kier alpha value is -3.36. The Morgan fingerprint density at radius 2 is 1.76 bits per heavy atom.